The van der Waals surface area contributed by atoms with Gasteiger partial charge in [0.25, 0.3) is 0 Å². The Kier molecular flexibility index (Phi) is 2.50. The molecule has 2 nitrogen and oxygen atoms in total. The summed E-state index contributed by atoms with van der Waals surface area (Å²) in [6, 6.07) is 6.30. The highest BCUT2D eigenvalue weighted by molar-refractivity contribution is 7.22. The Labute approximate surface area is 87.3 Å². The third kappa shape index (κ3) is 1.77. The van der Waals surface area contributed by atoms with Gasteiger partial charge < -0.3 is 5.32 Å². The fraction of sp³-hybridized carbons (Fsp3) is 0.182. The first-order valence-electron chi connectivity index (χ1n) is 4.51. The molecule has 1 N–H and O–H groups in total. The van der Waals surface area contributed by atoms with E-state index in [0.717, 1.165) is 17.2 Å². The van der Waals surface area contributed by atoms with E-state index in [0.29, 0.717) is 0 Å². The van der Waals surface area contributed by atoms with Gasteiger partial charge in [-0.25, -0.2) is 4.98 Å². The number of fused-ring (bicyclic) bond motifs is 1. The third-order valence-corrected chi connectivity index (χ3v) is 2.92. The number of hydrogen-bond acceptors (Lipinski definition) is 3. The second-order valence-corrected chi connectivity index (χ2v) is 4.19. The van der Waals surface area contributed by atoms with Gasteiger partial charge in [-0.05, 0) is 24.6 Å². The van der Waals surface area contributed by atoms with Crippen LogP contribution in [0.15, 0.2) is 30.9 Å². The molecule has 1 aromatic heterocycles. The first-order chi connectivity index (χ1) is 6.79. The molecule has 72 valence electrons. The number of aromatic nitrogens is 1. The van der Waals surface area contributed by atoms with Crippen LogP contribution >= 0.6 is 11.3 Å². The Morgan fingerprint density at radius 2 is 2.43 bits per heavy atom. The molecule has 0 amide bonds. The van der Waals surface area contributed by atoms with E-state index in [1.165, 1.54) is 10.3 Å². The van der Waals surface area contributed by atoms with Crippen LogP contribution in [0.2, 0.25) is 0 Å². The van der Waals surface area contributed by atoms with Crippen molar-refractivity contribution in [2.24, 2.45) is 0 Å². The Hall–Kier alpha value is -1.35. The van der Waals surface area contributed by atoms with Crippen LogP contribution in [0.4, 0.5) is 5.13 Å². The van der Waals surface area contributed by atoms with E-state index < -0.39 is 0 Å². The fourth-order valence-corrected chi connectivity index (χ4v) is 2.24. The number of rotatable bonds is 3. The smallest absolute Gasteiger partial charge is 0.184 e. The average molecular weight is 204 g/mol. The van der Waals surface area contributed by atoms with E-state index in [1.54, 1.807) is 11.3 Å². The van der Waals surface area contributed by atoms with Crippen LogP contribution in [0.25, 0.3) is 10.2 Å². The van der Waals surface area contributed by atoms with Crippen LogP contribution < -0.4 is 5.32 Å². The standard InChI is InChI=1S/C11H12N2S/c1-3-6-12-11-13-9-5-4-8(2)7-10(9)14-11/h3-5,7H,1,6H2,2H3,(H,12,13). The predicted octanol–water partition coefficient (Wildman–Crippen LogP) is 3.20. The summed E-state index contributed by atoms with van der Waals surface area (Å²) in [5.74, 6) is 0. The zero-order valence-corrected chi connectivity index (χ0v) is 8.90. The maximum atomic E-state index is 4.45. The van der Waals surface area contributed by atoms with E-state index in [2.05, 4.69) is 42.0 Å². The SMILES string of the molecule is C=CCNc1nc2ccc(C)cc2s1. The number of nitrogens with zero attached hydrogens (tertiary/aromatic N) is 1. The first-order valence-corrected chi connectivity index (χ1v) is 5.33. The van der Waals surface area contributed by atoms with Crippen molar-refractivity contribution in [3.63, 3.8) is 0 Å². The minimum absolute atomic E-state index is 0.763. The highest BCUT2D eigenvalue weighted by atomic mass is 32.1. The number of thiazole rings is 1. The largest absolute Gasteiger partial charge is 0.358 e. The molecule has 0 saturated carbocycles. The summed E-state index contributed by atoms with van der Waals surface area (Å²) in [6.45, 7) is 6.51. The monoisotopic (exact) mass is 204 g/mol. The molecule has 0 radical (unpaired) electrons. The predicted molar refractivity (Wildman–Crippen MR) is 63.0 cm³/mol. The quantitative estimate of drug-likeness (QED) is 0.777. The zero-order valence-electron chi connectivity index (χ0n) is 8.08. The van der Waals surface area contributed by atoms with Crippen molar-refractivity contribution < 1.29 is 0 Å². The van der Waals surface area contributed by atoms with Crippen LogP contribution in [-0.2, 0) is 0 Å². The van der Waals surface area contributed by atoms with E-state index in [1.807, 2.05) is 6.08 Å². The summed E-state index contributed by atoms with van der Waals surface area (Å²) in [6.07, 6.45) is 1.83. The van der Waals surface area contributed by atoms with Crippen molar-refractivity contribution in [3.05, 3.63) is 36.4 Å². The highest BCUT2D eigenvalue weighted by Gasteiger charge is 2.01. The number of benzene rings is 1. The molecule has 14 heavy (non-hydrogen) atoms. The molecule has 0 atom stereocenters. The zero-order chi connectivity index (χ0) is 9.97. The molecule has 0 fully saturated rings. The number of nitrogens with one attached hydrogen (secondary N) is 1. The second kappa shape index (κ2) is 3.80. The molecule has 0 unspecified atom stereocenters. The molecule has 0 aliphatic heterocycles. The molecular weight excluding hydrogens is 192 g/mol. The van der Waals surface area contributed by atoms with Crippen molar-refractivity contribution in [1.82, 2.24) is 4.98 Å². The second-order valence-electron chi connectivity index (χ2n) is 3.16. The molecule has 1 aromatic carbocycles. The van der Waals surface area contributed by atoms with Gasteiger partial charge >= 0.3 is 0 Å². The summed E-state index contributed by atoms with van der Waals surface area (Å²) in [5, 5.41) is 4.16. The van der Waals surface area contributed by atoms with E-state index >= 15 is 0 Å². The lowest BCUT2D eigenvalue weighted by molar-refractivity contribution is 1.31. The molecule has 0 aliphatic carbocycles. The lowest BCUT2D eigenvalue weighted by atomic mass is 10.2. The molecule has 0 bridgehead atoms. The Morgan fingerprint density at radius 1 is 1.57 bits per heavy atom. The van der Waals surface area contributed by atoms with Gasteiger partial charge in [0.1, 0.15) is 0 Å². The van der Waals surface area contributed by atoms with Gasteiger partial charge in [0.15, 0.2) is 5.13 Å². The van der Waals surface area contributed by atoms with E-state index in [4.69, 9.17) is 0 Å². The molecule has 1 heterocycles. The summed E-state index contributed by atoms with van der Waals surface area (Å²) in [4.78, 5) is 4.45. The number of hydrogen-bond donors (Lipinski definition) is 1. The summed E-state index contributed by atoms with van der Waals surface area (Å²) < 4.78 is 1.23. The van der Waals surface area contributed by atoms with Crippen molar-refractivity contribution in [2.75, 3.05) is 11.9 Å². The minimum Gasteiger partial charge on any atom is -0.358 e. The Balaban J connectivity index is 2.36. The van der Waals surface area contributed by atoms with Crippen LogP contribution in [-0.4, -0.2) is 11.5 Å². The molecule has 0 saturated heterocycles. The van der Waals surface area contributed by atoms with Crippen molar-refractivity contribution >= 4 is 26.7 Å². The molecule has 0 aliphatic rings. The third-order valence-electron chi connectivity index (χ3n) is 1.94. The van der Waals surface area contributed by atoms with Crippen LogP contribution in [0.5, 0.6) is 0 Å². The topological polar surface area (TPSA) is 24.9 Å². The maximum Gasteiger partial charge on any atom is 0.184 e. The molecular formula is C11H12N2S. The van der Waals surface area contributed by atoms with Crippen molar-refractivity contribution in [1.29, 1.82) is 0 Å². The molecule has 3 heteroatoms. The van der Waals surface area contributed by atoms with Gasteiger partial charge in [-0.3, -0.25) is 0 Å². The maximum absolute atomic E-state index is 4.45. The van der Waals surface area contributed by atoms with Gasteiger partial charge in [-0.15, -0.1) is 6.58 Å². The van der Waals surface area contributed by atoms with Crippen LogP contribution in [0, 0.1) is 6.92 Å². The van der Waals surface area contributed by atoms with Crippen molar-refractivity contribution in [2.45, 2.75) is 6.92 Å². The fourth-order valence-electron chi connectivity index (χ4n) is 1.27. The average Bonchev–Trinajstić information content (AvgIpc) is 2.56. The summed E-state index contributed by atoms with van der Waals surface area (Å²) in [7, 11) is 0. The minimum atomic E-state index is 0.763. The van der Waals surface area contributed by atoms with Crippen molar-refractivity contribution in [3.8, 4) is 0 Å². The van der Waals surface area contributed by atoms with Gasteiger partial charge in [-0.1, -0.05) is 23.5 Å². The normalized spacial score (nSPS) is 10.4. The molecule has 0 spiro atoms. The lowest BCUT2D eigenvalue weighted by Gasteiger charge is -1.93. The molecule has 2 aromatic rings. The van der Waals surface area contributed by atoms with Gasteiger partial charge in [0, 0.05) is 6.54 Å². The lowest BCUT2D eigenvalue weighted by Crippen LogP contribution is -1.95. The number of aryl methyl sites for hydroxylation is 1. The summed E-state index contributed by atoms with van der Waals surface area (Å²) >= 11 is 1.68. The first kappa shape index (κ1) is 9.21. The Morgan fingerprint density at radius 3 is 3.21 bits per heavy atom. The van der Waals surface area contributed by atoms with Crippen LogP contribution in [0.3, 0.4) is 0 Å². The summed E-state index contributed by atoms with van der Waals surface area (Å²) in [5.41, 5.74) is 2.34. The molecule has 2 rings (SSSR count). The van der Waals surface area contributed by atoms with E-state index in [-0.39, 0.29) is 0 Å². The van der Waals surface area contributed by atoms with Gasteiger partial charge in [-0.2, -0.15) is 0 Å². The Bertz CT molecular complexity index is 459. The number of anilines is 1. The van der Waals surface area contributed by atoms with E-state index in [9.17, 15) is 0 Å². The van der Waals surface area contributed by atoms with Gasteiger partial charge in [0.05, 0.1) is 10.2 Å². The van der Waals surface area contributed by atoms with Gasteiger partial charge in [0.2, 0.25) is 0 Å². The van der Waals surface area contributed by atoms with Crippen LogP contribution in [0.1, 0.15) is 5.56 Å². The highest BCUT2D eigenvalue weighted by Crippen LogP contribution is 2.26.